The molecule has 1 aliphatic carbocycles. The Bertz CT molecular complexity index is 584. The Hall–Kier alpha value is -1.23. The fourth-order valence-electron chi connectivity index (χ4n) is 3.55. The van der Waals surface area contributed by atoms with Crippen molar-refractivity contribution in [3.63, 3.8) is 0 Å². The van der Waals surface area contributed by atoms with Crippen LogP contribution in [0.1, 0.15) is 33.6 Å². The lowest BCUT2D eigenvalue weighted by atomic mass is 9.99. The Morgan fingerprint density at radius 3 is 2.74 bits per heavy atom. The summed E-state index contributed by atoms with van der Waals surface area (Å²) in [4.78, 5) is 14.1. The van der Waals surface area contributed by atoms with E-state index in [9.17, 15) is 4.79 Å². The first kappa shape index (κ1) is 16.6. The van der Waals surface area contributed by atoms with Crippen LogP contribution < -0.4 is 4.74 Å². The zero-order valence-electron chi connectivity index (χ0n) is 13.9. The molecule has 1 amide bonds. The van der Waals surface area contributed by atoms with Gasteiger partial charge in [0.15, 0.2) is 0 Å². The molecule has 0 unspecified atom stereocenters. The van der Waals surface area contributed by atoms with Crippen LogP contribution in [0, 0.1) is 11.8 Å². The maximum absolute atomic E-state index is 12.3. The molecule has 5 heteroatoms. The normalized spacial score (nSPS) is 27.0. The number of fused-ring (bicyclic) bond motifs is 1. The quantitative estimate of drug-likeness (QED) is 0.758. The second-order valence-corrected chi connectivity index (χ2v) is 8.42. The van der Waals surface area contributed by atoms with Gasteiger partial charge in [0.25, 0.3) is 0 Å². The van der Waals surface area contributed by atoms with Crippen LogP contribution in [0.15, 0.2) is 28.7 Å². The van der Waals surface area contributed by atoms with Crippen molar-refractivity contribution >= 4 is 22.0 Å². The molecule has 23 heavy (non-hydrogen) atoms. The monoisotopic (exact) mass is 381 g/mol. The number of rotatable bonds is 2. The van der Waals surface area contributed by atoms with Gasteiger partial charge in [0.1, 0.15) is 17.5 Å². The summed E-state index contributed by atoms with van der Waals surface area (Å²) in [7, 11) is 0. The fourth-order valence-corrected chi connectivity index (χ4v) is 3.93. The largest absolute Gasteiger partial charge is 0.490 e. The van der Waals surface area contributed by atoms with Crippen LogP contribution in [-0.2, 0) is 4.74 Å². The van der Waals surface area contributed by atoms with Gasteiger partial charge in [-0.05, 0) is 57.7 Å². The molecule has 0 N–H and O–H groups in total. The second kappa shape index (κ2) is 6.34. The van der Waals surface area contributed by atoms with Crippen molar-refractivity contribution in [1.29, 1.82) is 0 Å². The predicted molar refractivity (Wildman–Crippen MR) is 92.6 cm³/mol. The standard InChI is InChI=1S/C18H24BrNO3/c1-18(2,3)23-17(21)20-10-12-7-8-16(15(12)11-20)22-14-6-4-5-13(19)9-14/h4-6,9,12,15-16H,7-8,10-11H2,1-3H3/t12-,15+,16-/m1/s1. The van der Waals surface area contributed by atoms with Crippen LogP contribution in [0.4, 0.5) is 4.79 Å². The minimum Gasteiger partial charge on any atom is -0.490 e. The SMILES string of the molecule is CC(C)(C)OC(=O)N1C[C@H]2CC[C@@H](Oc3cccc(Br)c3)[C@H]2C1. The van der Waals surface area contributed by atoms with E-state index >= 15 is 0 Å². The Kier molecular flexibility index (Phi) is 4.59. The zero-order chi connectivity index (χ0) is 16.6. The maximum Gasteiger partial charge on any atom is 0.410 e. The first-order valence-electron chi connectivity index (χ1n) is 8.22. The molecule has 1 saturated carbocycles. The third-order valence-corrected chi connectivity index (χ3v) is 5.02. The predicted octanol–water partition coefficient (Wildman–Crippen LogP) is 4.47. The molecule has 1 aliphatic heterocycles. The lowest BCUT2D eigenvalue weighted by molar-refractivity contribution is 0.0267. The highest BCUT2D eigenvalue weighted by Gasteiger charge is 2.46. The number of carbonyl (C=O) groups is 1. The van der Waals surface area contributed by atoms with Gasteiger partial charge in [0, 0.05) is 23.5 Å². The number of likely N-dealkylation sites (tertiary alicyclic amines) is 1. The van der Waals surface area contributed by atoms with Crippen molar-refractivity contribution in [3.8, 4) is 5.75 Å². The molecule has 1 saturated heterocycles. The summed E-state index contributed by atoms with van der Waals surface area (Å²) in [5.41, 5.74) is -0.443. The Balaban J connectivity index is 1.61. The van der Waals surface area contributed by atoms with E-state index in [4.69, 9.17) is 9.47 Å². The van der Waals surface area contributed by atoms with Gasteiger partial charge in [-0.2, -0.15) is 0 Å². The highest BCUT2D eigenvalue weighted by molar-refractivity contribution is 9.10. The van der Waals surface area contributed by atoms with Gasteiger partial charge in [-0.3, -0.25) is 0 Å². The average Bonchev–Trinajstić information content (AvgIpc) is 2.99. The van der Waals surface area contributed by atoms with E-state index in [1.165, 1.54) is 0 Å². The van der Waals surface area contributed by atoms with Gasteiger partial charge in [0.05, 0.1) is 0 Å². The van der Waals surface area contributed by atoms with E-state index in [1.807, 2.05) is 49.9 Å². The summed E-state index contributed by atoms with van der Waals surface area (Å²) >= 11 is 3.47. The Morgan fingerprint density at radius 1 is 1.26 bits per heavy atom. The number of carbonyl (C=O) groups excluding carboxylic acids is 1. The molecular weight excluding hydrogens is 358 g/mol. The van der Waals surface area contributed by atoms with Gasteiger partial charge in [-0.25, -0.2) is 4.79 Å². The first-order chi connectivity index (χ1) is 10.8. The lowest BCUT2D eigenvalue weighted by Crippen LogP contribution is -2.37. The lowest BCUT2D eigenvalue weighted by Gasteiger charge is -2.26. The van der Waals surface area contributed by atoms with Gasteiger partial charge in [-0.15, -0.1) is 0 Å². The molecule has 0 radical (unpaired) electrons. The third kappa shape index (κ3) is 4.00. The van der Waals surface area contributed by atoms with Crippen molar-refractivity contribution in [3.05, 3.63) is 28.7 Å². The van der Waals surface area contributed by atoms with E-state index < -0.39 is 5.60 Å². The molecule has 0 aromatic heterocycles. The van der Waals surface area contributed by atoms with Gasteiger partial charge < -0.3 is 14.4 Å². The summed E-state index contributed by atoms with van der Waals surface area (Å²) in [5.74, 6) is 1.82. The van der Waals surface area contributed by atoms with Crippen molar-refractivity contribution < 1.29 is 14.3 Å². The molecule has 2 aliphatic rings. The summed E-state index contributed by atoms with van der Waals surface area (Å²) in [6.07, 6.45) is 2.15. The number of ether oxygens (including phenoxy) is 2. The average molecular weight is 382 g/mol. The zero-order valence-corrected chi connectivity index (χ0v) is 15.5. The summed E-state index contributed by atoms with van der Waals surface area (Å²) in [6, 6.07) is 7.95. The number of hydrogen-bond acceptors (Lipinski definition) is 3. The highest BCUT2D eigenvalue weighted by atomic mass is 79.9. The molecule has 3 rings (SSSR count). The van der Waals surface area contributed by atoms with Crippen molar-refractivity contribution in [1.82, 2.24) is 4.90 Å². The van der Waals surface area contributed by atoms with E-state index in [2.05, 4.69) is 15.9 Å². The van der Waals surface area contributed by atoms with Crippen LogP contribution in [0.3, 0.4) is 0 Å². The molecule has 1 heterocycles. The van der Waals surface area contributed by atoms with Crippen LogP contribution in [0.2, 0.25) is 0 Å². The van der Waals surface area contributed by atoms with Crippen LogP contribution >= 0.6 is 15.9 Å². The van der Waals surface area contributed by atoms with Gasteiger partial charge in [-0.1, -0.05) is 22.0 Å². The van der Waals surface area contributed by atoms with E-state index in [-0.39, 0.29) is 12.2 Å². The Morgan fingerprint density at radius 2 is 2.04 bits per heavy atom. The molecule has 4 nitrogen and oxygen atoms in total. The maximum atomic E-state index is 12.3. The summed E-state index contributed by atoms with van der Waals surface area (Å²) in [6.45, 7) is 7.24. The fraction of sp³-hybridized carbons (Fsp3) is 0.611. The van der Waals surface area contributed by atoms with Gasteiger partial charge >= 0.3 is 6.09 Å². The number of amides is 1. The van der Waals surface area contributed by atoms with E-state index in [0.717, 1.165) is 36.2 Å². The second-order valence-electron chi connectivity index (χ2n) is 7.50. The topological polar surface area (TPSA) is 38.8 Å². The van der Waals surface area contributed by atoms with Gasteiger partial charge in [0.2, 0.25) is 0 Å². The number of benzene rings is 1. The number of halogens is 1. The molecule has 2 fully saturated rings. The van der Waals surface area contributed by atoms with E-state index in [1.54, 1.807) is 0 Å². The van der Waals surface area contributed by atoms with E-state index in [0.29, 0.717) is 11.8 Å². The van der Waals surface area contributed by atoms with Crippen molar-refractivity contribution in [2.24, 2.45) is 11.8 Å². The Labute approximate surface area is 146 Å². The molecule has 0 bridgehead atoms. The summed E-state index contributed by atoms with van der Waals surface area (Å²) < 4.78 is 12.7. The molecular formula is C18H24BrNO3. The van der Waals surface area contributed by atoms with Crippen molar-refractivity contribution in [2.45, 2.75) is 45.3 Å². The third-order valence-electron chi connectivity index (χ3n) is 4.53. The minimum absolute atomic E-state index is 0.182. The molecule has 0 spiro atoms. The van der Waals surface area contributed by atoms with Crippen molar-refractivity contribution in [2.75, 3.05) is 13.1 Å². The summed E-state index contributed by atoms with van der Waals surface area (Å²) in [5, 5.41) is 0. The smallest absolute Gasteiger partial charge is 0.410 e. The molecule has 1 aromatic carbocycles. The van der Waals surface area contributed by atoms with Crippen LogP contribution in [-0.4, -0.2) is 35.8 Å². The minimum atomic E-state index is -0.443. The highest BCUT2D eigenvalue weighted by Crippen LogP contribution is 2.40. The van der Waals surface area contributed by atoms with Crippen LogP contribution in [0.25, 0.3) is 0 Å². The molecule has 1 aromatic rings. The first-order valence-corrected chi connectivity index (χ1v) is 9.01. The number of hydrogen-bond donors (Lipinski definition) is 0. The number of nitrogens with zero attached hydrogens (tertiary/aromatic N) is 1. The molecule has 126 valence electrons. The molecule has 3 atom stereocenters. The van der Waals surface area contributed by atoms with Crippen LogP contribution in [0.5, 0.6) is 5.75 Å².